The maximum Gasteiger partial charge on any atom is 0.248 e. The van der Waals surface area contributed by atoms with Gasteiger partial charge in [0, 0.05) is 31.5 Å². The van der Waals surface area contributed by atoms with Crippen LogP contribution in [0.4, 0.5) is 0 Å². The number of rotatable bonds is 7. The molecule has 1 amide bonds. The van der Waals surface area contributed by atoms with E-state index in [1.54, 1.807) is 6.20 Å². The van der Waals surface area contributed by atoms with Crippen LogP contribution >= 0.6 is 24.8 Å². The molecule has 0 unspecified atom stereocenters. The Bertz CT molecular complexity index is 487. The third kappa shape index (κ3) is 4.63. The SMILES string of the molecule is CCN(CCNC(=O)C1(n2cccn2)CCNCC1)C1CC1.Cl.Cl. The Morgan fingerprint density at radius 2 is 2.08 bits per heavy atom. The van der Waals surface area contributed by atoms with Gasteiger partial charge in [-0.3, -0.25) is 14.4 Å². The molecule has 1 aromatic heterocycles. The smallest absolute Gasteiger partial charge is 0.248 e. The van der Waals surface area contributed by atoms with E-state index in [4.69, 9.17) is 0 Å². The molecule has 6 nitrogen and oxygen atoms in total. The van der Waals surface area contributed by atoms with Crippen molar-refractivity contribution in [3.8, 4) is 0 Å². The molecule has 0 radical (unpaired) electrons. The van der Waals surface area contributed by atoms with Crippen molar-refractivity contribution in [2.75, 3.05) is 32.7 Å². The van der Waals surface area contributed by atoms with Crippen molar-refractivity contribution >= 4 is 30.7 Å². The normalized spacial score (nSPS) is 19.2. The number of piperidine rings is 1. The van der Waals surface area contributed by atoms with Crippen molar-refractivity contribution in [2.45, 2.75) is 44.2 Å². The maximum absolute atomic E-state index is 12.9. The average molecular weight is 378 g/mol. The molecule has 8 heteroatoms. The van der Waals surface area contributed by atoms with E-state index in [1.165, 1.54) is 12.8 Å². The maximum atomic E-state index is 12.9. The predicted molar refractivity (Wildman–Crippen MR) is 100 cm³/mol. The van der Waals surface area contributed by atoms with Gasteiger partial charge in [-0.15, -0.1) is 24.8 Å². The number of nitrogens with zero attached hydrogens (tertiary/aromatic N) is 3. The molecule has 1 aliphatic carbocycles. The quantitative estimate of drug-likeness (QED) is 0.753. The lowest BCUT2D eigenvalue weighted by Gasteiger charge is -2.36. The van der Waals surface area contributed by atoms with Crippen LogP contribution in [0.2, 0.25) is 0 Å². The van der Waals surface area contributed by atoms with Crippen LogP contribution in [0.1, 0.15) is 32.6 Å². The third-order valence-corrected chi connectivity index (χ3v) is 4.95. The lowest BCUT2D eigenvalue weighted by atomic mass is 9.87. The first kappa shape index (κ1) is 21.2. The van der Waals surface area contributed by atoms with Gasteiger partial charge in [-0.25, -0.2) is 0 Å². The molecule has 138 valence electrons. The number of halogens is 2. The molecule has 2 fully saturated rings. The van der Waals surface area contributed by atoms with Crippen molar-refractivity contribution in [3.63, 3.8) is 0 Å². The minimum atomic E-state index is -0.522. The van der Waals surface area contributed by atoms with Gasteiger partial charge in [-0.05, 0) is 51.4 Å². The first-order chi connectivity index (χ1) is 10.8. The molecule has 2 aliphatic rings. The van der Waals surface area contributed by atoms with Crippen molar-refractivity contribution in [1.29, 1.82) is 0 Å². The van der Waals surface area contributed by atoms with E-state index in [9.17, 15) is 4.79 Å². The molecule has 1 saturated carbocycles. The lowest BCUT2D eigenvalue weighted by Crippen LogP contribution is -2.55. The van der Waals surface area contributed by atoms with Gasteiger partial charge in [-0.1, -0.05) is 6.92 Å². The molecule has 0 bridgehead atoms. The Hall–Kier alpha value is -0.820. The molecule has 3 rings (SSSR count). The van der Waals surface area contributed by atoms with Crippen LogP contribution in [0, 0.1) is 0 Å². The van der Waals surface area contributed by atoms with Gasteiger partial charge in [0.1, 0.15) is 5.54 Å². The van der Waals surface area contributed by atoms with E-state index < -0.39 is 5.54 Å². The van der Waals surface area contributed by atoms with Crippen molar-refractivity contribution < 1.29 is 4.79 Å². The summed E-state index contributed by atoms with van der Waals surface area (Å²) in [4.78, 5) is 15.3. The lowest BCUT2D eigenvalue weighted by molar-refractivity contribution is -0.132. The summed E-state index contributed by atoms with van der Waals surface area (Å²) in [5.74, 6) is 0.115. The minimum Gasteiger partial charge on any atom is -0.353 e. The van der Waals surface area contributed by atoms with Crippen molar-refractivity contribution in [1.82, 2.24) is 25.3 Å². The van der Waals surface area contributed by atoms with Crippen LogP contribution in [0.15, 0.2) is 18.5 Å². The van der Waals surface area contributed by atoms with Crippen LogP contribution in [0.3, 0.4) is 0 Å². The molecule has 1 saturated heterocycles. The number of carbonyl (C=O) groups excluding carboxylic acids is 1. The third-order valence-electron chi connectivity index (χ3n) is 4.95. The van der Waals surface area contributed by atoms with E-state index in [-0.39, 0.29) is 30.7 Å². The Kier molecular flexibility index (Phi) is 8.50. The highest BCUT2D eigenvalue weighted by Gasteiger charge is 2.41. The highest BCUT2D eigenvalue weighted by molar-refractivity contribution is 5.85. The summed E-state index contributed by atoms with van der Waals surface area (Å²) < 4.78 is 1.85. The number of hydrogen-bond donors (Lipinski definition) is 2. The summed E-state index contributed by atoms with van der Waals surface area (Å²) in [6.07, 6.45) is 7.87. The van der Waals surface area contributed by atoms with E-state index in [0.29, 0.717) is 0 Å². The number of likely N-dealkylation sites (N-methyl/N-ethyl adjacent to an activating group) is 1. The summed E-state index contributed by atoms with van der Waals surface area (Å²) in [5.41, 5.74) is -0.522. The number of hydrogen-bond acceptors (Lipinski definition) is 4. The predicted octanol–water partition coefficient (Wildman–Crippen LogP) is 1.41. The highest BCUT2D eigenvalue weighted by Crippen LogP contribution is 2.28. The molecule has 2 heterocycles. The van der Waals surface area contributed by atoms with Gasteiger partial charge in [-0.2, -0.15) is 5.10 Å². The molecular weight excluding hydrogens is 349 g/mol. The van der Waals surface area contributed by atoms with Crippen molar-refractivity contribution in [3.05, 3.63) is 18.5 Å². The standard InChI is InChI=1S/C16H27N5O.2ClH/c1-2-20(14-4-5-14)13-11-18-15(22)16(6-9-17-10-7-16)21-12-3-8-19-21;;/h3,8,12,14,17H,2,4-7,9-11,13H2,1H3,(H,18,22);2*1H. The fourth-order valence-electron chi connectivity index (χ4n) is 3.44. The van der Waals surface area contributed by atoms with E-state index >= 15 is 0 Å². The van der Waals surface area contributed by atoms with Crippen LogP contribution in [0.25, 0.3) is 0 Å². The molecular formula is C16H29Cl2N5O. The summed E-state index contributed by atoms with van der Waals surface area (Å²) in [5, 5.41) is 10.8. The van der Waals surface area contributed by atoms with Crippen LogP contribution in [0.5, 0.6) is 0 Å². The molecule has 1 aromatic rings. The summed E-state index contributed by atoms with van der Waals surface area (Å²) >= 11 is 0. The minimum absolute atomic E-state index is 0. The Morgan fingerprint density at radius 1 is 1.38 bits per heavy atom. The number of nitrogens with one attached hydrogen (secondary N) is 2. The fraction of sp³-hybridized carbons (Fsp3) is 0.750. The van der Waals surface area contributed by atoms with Crippen LogP contribution in [-0.2, 0) is 10.3 Å². The van der Waals surface area contributed by atoms with Gasteiger partial charge in [0.05, 0.1) is 0 Å². The fourth-order valence-corrected chi connectivity index (χ4v) is 3.44. The molecule has 24 heavy (non-hydrogen) atoms. The molecule has 0 atom stereocenters. The van der Waals surface area contributed by atoms with Gasteiger partial charge in [0.25, 0.3) is 0 Å². The summed E-state index contributed by atoms with van der Waals surface area (Å²) in [6.45, 7) is 6.64. The van der Waals surface area contributed by atoms with Gasteiger partial charge >= 0.3 is 0 Å². The van der Waals surface area contributed by atoms with Crippen LogP contribution < -0.4 is 10.6 Å². The van der Waals surface area contributed by atoms with E-state index in [0.717, 1.165) is 51.6 Å². The molecule has 0 aromatic carbocycles. The second-order valence-corrected chi connectivity index (χ2v) is 6.35. The second kappa shape index (κ2) is 9.61. The number of aromatic nitrogens is 2. The second-order valence-electron chi connectivity index (χ2n) is 6.35. The van der Waals surface area contributed by atoms with Gasteiger partial charge < -0.3 is 10.6 Å². The molecule has 1 aliphatic heterocycles. The average Bonchev–Trinajstić information content (AvgIpc) is 3.24. The first-order valence-electron chi connectivity index (χ1n) is 8.49. The van der Waals surface area contributed by atoms with Gasteiger partial charge in [0.2, 0.25) is 5.91 Å². The van der Waals surface area contributed by atoms with Crippen LogP contribution in [-0.4, -0.2) is 59.4 Å². The Labute approximate surface area is 156 Å². The first-order valence-corrected chi connectivity index (χ1v) is 8.49. The van der Waals surface area contributed by atoms with Crippen molar-refractivity contribution in [2.24, 2.45) is 0 Å². The summed E-state index contributed by atoms with van der Waals surface area (Å²) in [6, 6.07) is 2.64. The topological polar surface area (TPSA) is 62.2 Å². The monoisotopic (exact) mass is 377 g/mol. The van der Waals surface area contributed by atoms with E-state index in [2.05, 4.69) is 27.6 Å². The van der Waals surface area contributed by atoms with Gasteiger partial charge in [0.15, 0.2) is 0 Å². The Balaban J connectivity index is 0.00000144. The molecule has 2 N–H and O–H groups in total. The summed E-state index contributed by atoms with van der Waals surface area (Å²) in [7, 11) is 0. The number of amides is 1. The zero-order chi connectivity index (χ0) is 15.4. The zero-order valence-corrected chi connectivity index (χ0v) is 15.9. The largest absolute Gasteiger partial charge is 0.353 e. The highest BCUT2D eigenvalue weighted by atomic mass is 35.5. The van der Waals surface area contributed by atoms with E-state index in [1.807, 2.05) is 16.9 Å². The number of carbonyl (C=O) groups is 1. The zero-order valence-electron chi connectivity index (χ0n) is 14.2. The molecule has 0 spiro atoms. The Morgan fingerprint density at radius 3 is 2.62 bits per heavy atom.